The number of aryl methyl sites for hydroxylation is 1. The quantitative estimate of drug-likeness (QED) is 0.604. The number of carbonyl (C=O) groups is 1. The summed E-state index contributed by atoms with van der Waals surface area (Å²) in [7, 11) is 2.77. The molecule has 0 radical (unpaired) electrons. The minimum absolute atomic E-state index is 0.0132. The molecule has 0 saturated carbocycles. The van der Waals surface area contributed by atoms with E-state index in [-0.39, 0.29) is 17.8 Å². The van der Waals surface area contributed by atoms with Crippen molar-refractivity contribution in [3.8, 4) is 0 Å². The number of imidazole rings is 1. The first kappa shape index (κ1) is 14.8. The summed E-state index contributed by atoms with van der Waals surface area (Å²) in [6, 6.07) is 0. The largest absolute Gasteiger partial charge is 0.509 e. The summed E-state index contributed by atoms with van der Waals surface area (Å²) < 4.78 is 12.9. The van der Waals surface area contributed by atoms with E-state index >= 15 is 0 Å². The number of hydrogen-bond donors (Lipinski definition) is 1. The van der Waals surface area contributed by atoms with Gasteiger partial charge in [-0.15, -0.1) is 0 Å². The van der Waals surface area contributed by atoms with Crippen LogP contribution >= 0.6 is 0 Å². The first-order chi connectivity index (χ1) is 9.88. The number of fused-ring (bicyclic) bond motifs is 1. The minimum atomic E-state index is -1.56. The zero-order chi connectivity index (χ0) is 15.7. The molecule has 0 saturated heterocycles. The molecule has 1 N–H and O–H groups in total. The second-order valence-corrected chi connectivity index (χ2v) is 4.18. The van der Waals surface area contributed by atoms with E-state index in [2.05, 4.69) is 9.72 Å². The topological polar surface area (TPSA) is 118 Å². The van der Waals surface area contributed by atoms with Crippen molar-refractivity contribution in [2.75, 3.05) is 6.61 Å². The van der Waals surface area contributed by atoms with Gasteiger partial charge < -0.3 is 14.6 Å². The molecule has 10 heteroatoms. The number of ether oxygens (including phenoxy) is 2. The van der Waals surface area contributed by atoms with E-state index in [1.54, 1.807) is 6.92 Å². The molecule has 0 aliphatic heterocycles. The molecule has 0 fully saturated rings. The van der Waals surface area contributed by atoms with Crippen LogP contribution in [0.4, 0.5) is 4.79 Å². The Morgan fingerprint density at radius 3 is 2.62 bits per heavy atom. The zero-order valence-corrected chi connectivity index (χ0v) is 11.6. The number of aromatic nitrogens is 4. The lowest BCUT2D eigenvalue weighted by molar-refractivity contribution is -0.159. The van der Waals surface area contributed by atoms with Gasteiger partial charge >= 0.3 is 11.8 Å². The third-order valence-electron chi connectivity index (χ3n) is 2.91. The number of hydrogen-bond acceptors (Lipinski definition) is 6. The first-order valence-electron chi connectivity index (χ1n) is 6.02. The summed E-state index contributed by atoms with van der Waals surface area (Å²) in [6.45, 7) is 1.80. The van der Waals surface area contributed by atoms with Crippen LogP contribution in [-0.4, -0.2) is 36.6 Å². The summed E-state index contributed by atoms with van der Waals surface area (Å²) in [5.41, 5.74) is -1.03. The van der Waals surface area contributed by atoms with E-state index in [1.165, 1.54) is 25.0 Å². The molecule has 10 nitrogen and oxygen atoms in total. The average molecular weight is 298 g/mol. The van der Waals surface area contributed by atoms with E-state index in [4.69, 9.17) is 9.84 Å². The molecular formula is C11H14N4O6. The first-order valence-corrected chi connectivity index (χ1v) is 6.02. The SMILES string of the molecule is CCOC(OC(=O)O)n1cnc2c1c(=O)n(C)c(=O)n2C. The van der Waals surface area contributed by atoms with E-state index in [0.29, 0.717) is 0 Å². The van der Waals surface area contributed by atoms with Gasteiger partial charge in [0, 0.05) is 20.7 Å². The van der Waals surface area contributed by atoms with Crippen molar-refractivity contribution < 1.29 is 19.4 Å². The van der Waals surface area contributed by atoms with Gasteiger partial charge in [0.05, 0.1) is 0 Å². The Kier molecular flexibility index (Phi) is 3.80. The molecule has 2 aromatic heterocycles. The molecule has 1 unspecified atom stereocenters. The van der Waals surface area contributed by atoms with Crippen LogP contribution in [0, 0.1) is 0 Å². The highest BCUT2D eigenvalue weighted by molar-refractivity contribution is 5.70. The summed E-state index contributed by atoms with van der Waals surface area (Å²) in [6.07, 6.45) is -1.73. The van der Waals surface area contributed by atoms with Crippen LogP contribution in [-0.2, 0) is 23.6 Å². The maximum atomic E-state index is 12.2. The van der Waals surface area contributed by atoms with E-state index in [1.807, 2.05) is 0 Å². The summed E-state index contributed by atoms with van der Waals surface area (Å²) in [5, 5.41) is 8.73. The van der Waals surface area contributed by atoms with Crippen molar-refractivity contribution in [2.24, 2.45) is 14.1 Å². The molecule has 0 aliphatic carbocycles. The predicted octanol–water partition coefficient (Wildman–Crippen LogP) is -0.379. The second kappa shape index (κ2) is 5.40. The van der Waals surface area contributed by atoms with Crippen molar-refractivity contribution >= 4 is 17.3 Å². The fraction of sp³-hybridized carbons (Fsp3) is 0.455. The van der Waals surface area contributed by atoms with E-state index in [0.717, 1.165) is 9.13 Å². The van der Waals surface area contributed by atoms with Gasteiger partial charge in [-0.3, -0.25) is 18.5 Å². The highest BCUT2D eigenvalue weighted by Gasteiger charge is 2.22. The van der Waals surface area contributed by atoms with E-state index in [9.17, 15) is 14.4 Å². The lowest BCUT2D eigenvalue weighted by Gasteiger charge is -2.17. The molecule has 2 aromatic rings. The Morgan fingerprint density at radius 2 is 2.05 bits per heavy atom. The molecule has 0 bridgehead atoms. The summed E-state index contributed by atoms with van der Waals surface area (Å²) in [4.78, 5) is 38.7. The van der Waals surface area contributed by atoms with Crippen LogP contribution in [0.5, 0.6) is 0 Å². The van der Waals surface area contributed by atoms with Gasteiger partial charge in [-0.2, -0.15) is 0 Å². The molecular weight excluding hydrogens is 284 g/mol. The Morgan fingerprint density at radius 1 is 1.38 bits per heavy atom. The molecule has 2 heterocycles. The van der Waals surface area contributed by atoms with Crippen molar-refractivity contribution in [2.45, 2.75) is 13.3 Å². The van der Waals surface area contributed by atoms with Gasteiger partial charge in [0.15, 0.2) is 11.2 Å². The van der Waals surface area contributed by atoms with Crippen LogP contribution < -0.4 is 11.2 Å². The average Bonchev–Trinajstić information content (AvgIpc) is 2.86. The van der Waals surface area contributed by atoms with Crippen LogP contribution in [0.15, 0.2) is 15.9 Å². The van der Waals surface area contributed by atoms with Crippen LogP contribution in [0.25, 0.3) is 11.2 Å². The molecule has 21 heavy (non-hydrogen) atoms. The number of rotatable bonds is 4. The van der Waals surface area contributed by atoms with Crippen molar-refractivity contribution in [1.82, 2.24) is 18.7 Å². The predicted molar refractivity (Wildman–Crippen MR) is 70.0 cm³/mol. The van der Waals surface area contributed by atoms with Crippen molar-refractivity contribution in [3.63, 3.8) is 0 Å². The number of carboxylic acid groups (broad SMARTS) is 1. The Hall–Kier alpha value is -2.62. The molecule has 2 rings (SSSR count). The third-order valence-corrected chi connectivity index (χ3v) is 2.91. The van der Waals surface area contributed by atoms with Gasteiger partial charge in [-0.05, 0) is 6.92 Å². The maximum Gasteiger partial charge on any atom is 0.509 e. The minimum Gasteiger partial charge on any atom is -0.450 e. The molecule has 0 spiro atoms. The molecule has 1 atom stereocenters. The lowest BCUT2D eigenvalue weighted by atomic mass is 10.5. The highest BCUT2D eigenvalue weighted by atomic mass is 16.8. The molecule has 0 aromatic carbocycles. The third kappa shape index (κ3) is 2.40. The summed E-state index contributed by atoms with van der Waals surface area (Å²) in [5.74, 6) is 0. The van der Waals surface area contributed by atoms with Crippen LogP contribution in [0.2, 0.25) is 0 Å². The van der Waals surface area contributed by atoms with Gasteiger partial charge in [0.1, 0.15) is 6.33 Å². The normalized spacial score (nSPS) is 12.5. The van der Waals surface area contributed by atoms with Crippen molar-refractivity contribution in [1.29, 1.82) is 0 Å². The highest BCUT2D eigenvalue weighted by Crippen LogP contribution is 2.16. The van der Waals surface area contributed by atoms with Gasteiger partial charge in [0.25, 0.3) is 12.0 Å². The Bertz CT molecular complexity index is 801. The molecule has 0 amide bonds. The Balaban J connectivity index is 2.73. The fourth-order valence-corrected chi connectivity index (χ4v) is 1.92. The maximum absolute atomic E-state index is 12.2. The van der Waals surface area contributed by atoms with E-state index < -0.39 is 23.8 Å². The lowest BCUT2D eigenvalue weighted by Crippen LogP contribution is -2.38. The number of nitrogens with zero attached hydrogens (tertiary/aromatic N) is 4. The van der Waals surface area contributed by atoms with Gasteiger partial charge in [0.2, 0.25) is 0 Å². The van der Waals surface area contributed by atoms with Crippen molar-refractivity contribution in [3.05, 3.63) is 27.2 Å². The fourth-order valence-electron chi connectivity index (χ4n) is 1.92. The monoisotopic (exact) mass is 298 g/mol. The second-order valence-electron chi connectivity index (χ2n) is 4.18. The van der Waals surface area contributed by atoms with Crippen LogP contribution in [0.1, 0.15) is 13.3 Å². The molecule has 114 valence electrons. The van der Waals surface area contributed by atoms with Crippen LogP contribution in [0.3, 0.4) is 0 Å². The zero-order valence-electron chi connectivity index (χ0n) is 11.6. The standard InChI is InChI=1S/C11H14N4O6/c1-4-20-10(21-11(18)19)15-5-12-7-6(15)8(16)14(3)9(17)13(7)2/h5,10H,4H2,1-3H3,(H,18,19). The van der Waals surface area contributed by atoms with Gasteiger partial charge in [-0.1, -0.05) is 0 Å². The van der Waals surface area contributed by atoms with Gasteiger partial charge in [-0.25, -0.2) is 14.6 Å². The smallest absolute Gasteiger partial charge is 0.450 e. The Labute approximate surface area is 117 Å². The molecule has 0 aliphatic rings. The summed E-state index contributed by atoms with van der Waals surface area (Å²) >= 11 is 0.